The van der Waals surface area contributed by atoms with Crippen molar-refractivity contribution < 1.29 is 28.9 Å². The van der Waals surface area contributed by atoms with Crippen LogP contribution in [0.25, 0.3) is 6.08 Å². The van der Waals surface area contributed by atoms with Crippen LogP contribution < -0.4 is 4.74 Å². The van der Waals surface area contributed by atoms with Gasteiger partial charge in [0.1, 0.15) is 5.75 Å². The second kappa shape index (κ2) is 14.0. The topological polar surface area (TPSA) is 104 Å². The number of unbranched alkanes of at least 4 members (excludes halogenated alkanes) is 1. The van der Waals surface area contributed by atoms with Crippen LogP contribution in [0.4, 0.5) is 0 Å². The summed E-state index contributed by atoms with van der Waals surface area (Å²) in [4.78, 5) is 28.8. The van der Waals surface area contributed by atoms with Gasteiger partial charge in [-0.25, -0.2) is 4.79 Å². The van der Waals surface area contributed by atoms with Crippen LogP contribution in [0.15, 0.2) is 35.6 Å². The maximum Gasteiger partial charge on any atom is 0.333 e. The van der Waals surface area contributed by atoms with Crippen molar-refractivity contribution in [3.05, 3.63) is 41.1 Å². The number of benzene rings is 1. The van der Waals surface area contributed by atoms with Crippen molar-refractivity contribution in [1.82, 2.24) is 5.01 Å². The van der Waals surface area contributed by atoms with Crippen LogP contribution in [0.3, 0.4) is 0 Å². The summed E-state index contributed by atoms with van der Waals surface area (Å²) in [6.45, 7) is 0.814. The summed E-state index contributed by atoms with van der Waals surface area (Å²) < 4.78 is 10.2. The minimum absolute atomic E-state index is 0.234. The molecule has 2 aliphatic rings. The van der Waals surface area contributed by atoms with Gasteiger partial charge in [-0.3, -0.25) is 4.79 Å². The minimum Gasteiger partial charge on any atom is -0.569 e. The first-order chi connectivity index (χ1) is 16.1. The predicted molar refractivity (Wildman–Crippen MR) is 127 cm³/mol. The van der Waals surface area contributed by atoms with Crippen molar-refractivity contribution in [2.75, 3.05) is 25.6 Å². The predicted octanol–water partition coefficient (Wildman–Crippen LogP) is 4.72. The summed E-state index contributed by atoms with van der Waals surface area (Å²) in [5.74, 6) is 0.836. The van der Waals surface area contributed by atoms with Crippen molar-refractivity contribution >= 4 is 39.6 Å². The van der Waals surface area contributed by atoms with Crippen LogP contribution in [-0.4, -0.2) is 52.8 Å². The van der Waals surface area contributed by atoms with E-state index in [9.17, 15) is 14.8 Å². The molecule has 0 aliphatic carbocycles. The highest BCUT2D eigenvalue weighted by Crippen LogP contribution is 2.39. The smallest absolute Gasteiger partial charge is 0.333 e. The molecule has 0 aromatic heterocycles. The molecule has 11 heteroatoms. The van der Waals surface area contributed by atoms with Gasteiger partial charge < -0.3 is 19.5 Å². The van der Waals surface area contributed by atoms with E-state index in [-0.39, 0.29) is 5.97 Å². The number of rotatable bonds is 12. The van der Waals surface area contributed by atoms with Crippen molar-refractivity contribution in [1.29, 1.82) is 0 Å². The highest BCUT2D eigenvalue weighted by molar-refractivity contribution is 8.77. The summed E-state index contributed by atoms with van der Waals surface area (Å²) in [5.41, 5.74) is 0.740. The molecule has 0 unspecified atom stereocenters. The molecule has 0 amide bonds. The first-order valence-electron chi connectivity index (χ1n) is 11.1. The quantitative estimate of drug-likeness (QED) is 0.0469. The molecule has 2 saturated heterocycles. The summed E-state index contributed by atoms with van der Waals surface area (Å²) in [5, 5.41) is 17.1. The molecular weight excluding hydrogens is 466 g/mol. The van der Waals surface area contributed by atoms with E-state index < -0.39 is 12.8 Å². The fourth-order valence-electron chi connectivity index (χ4n) is 3.33. The van der Waals surface area contributed by atoms with Gasteiger partial charge >= 0.3 is 11.9 Å². The largest absolute Gasteiger partial charge is 0.569 e. The number of esters is 2. The molecule has 3 rings (SSSR count). The van der Waals surface area contributed by atoms with Gasteiger partial charge in [0.25, 0.3) is 6.79 Å². The zero-order chi connectivity index (χ0) is 23.3. The molecule has 2 fully saturated rings. The van der Waals surface area contributed by atoms with E-state index in [1.54, 1.807) is 30.3 Å². The van der Waals surface area contributed by atoms with Crippen molar-refractivity contribution in [2.24, 2.45) is 5.28 Å². The zero-order valence-electron chi connectivity index (χ0n) is 18.4. The second-order valence-corrected chi connectivity index (χ2v) is 10.4. The van der Waals surface area contributed by atoms with Crippen LogP contribution in [0, 0.1) is 5.21 Å². The molecule has 0 spiro atoms. The average Bonchev–Trinajstić information content (AvgIpc) is 3.53. The first kappa shape index (κ1) is 25.2. The highest BCUT2D eigenvalue weighted by atomic mass is 33.1. The summed E-state index contributed by atoms with van der Waals surface area (Å²) in [6, 6.07) is 6.83. The van der Waals surface area contributed by atoms with Crippen LogP contribution in [-0.2, 0) is 19.2 Å². The lowest BCUT2D eigenvalue weighted by molar-refractivity contribution is -0.708. The third kappa shape index (κ3) is 9.55. The number of hydrazine groups is 1. The highest BCUT2D eigenvalue weighted by Gasteiger charge is 2.18. The molecule has 2 aliphatic heterocycles. The van der Waals surface area contributed by atoms with Gasteiger partial charge in [-0.05, 0) is 55.9 Å². The van der Waals surface area contributed by atoms with Gasteiger partial charge in [0, 0.05) is 23.5 Å². The van der Waals surface area contributed by atoms with E-state index in [0.717, 1.165) is 42.9 Å². The van der Waals surface area contributed by atoms with Crippen molar-refractivity contribution in [3.8, 4) is 5.75 Å². The molecule has 33 heavy (non-hydrogen) atoms. The molecule has 0 radical (unpaired) electrons. The van der Waals surface area contributed by atoms with E-state index in [0.29, 0.717) is 30.2 Å². The molecule has 1 atom stereocenters. The van der Waals surface area contributed by atoms with Gasteiger partial charge in [0.15, 0.2) is 0 Å². The lowest BCUT2D eigenvalue weighted by Crippen LogP contribution is -2.27. The van der Waals surface area contributed by atoms with Crippen molar-refractivity contribution in [2.45, 2.75) is 50.2 Å². The third-order valence-electron chi connectivity index (χ3n) is 5.11. The maximum atomic E-state index is 12.0. The molecule has 1 aromatic rings. The Hall–Kier alpha value is -2.40. The van der Waals surface area contributed by atoms with Gasteiger partial charge in [-0.2, -0.15) is 0 Å². The number of nitrogens with zero attached hydrogens (tertiary/aromatic N) is 3. The average molecular weight is 496 g/mol. The Bertz CT molecular complexity index is 822. The molecule has 0 saturated carbocycles. The van der Waals surface area contributed by atoms with E-state index in [1.165, 1.54) is 23.3 Å². The third-order valence-corrected chi connectivity index (χ3v) is 8.12. The Labute approximate surface area is 201 Å². The molecule has 0 N–H and O–H groups in total. The molecular formula is C22H29N3O6S2. The second-order valence-electron chi connectivity index (χ2n) is 7.66. The van der Waals surface area contributed by atoms with E-state index in [2.05, 4.69) is 5.28 Å². The Morgan fingerprint density at radius 3 is 2.73 bits per heavy atom. The normalized spacial score (nSPS) is 18.6. The Kier molecular flexibility index (Phi) is 10.7. The summed E-state index contributed by atoms with van der Waals surface area (Å²) in [7, 11) is 3.90. The van der Waals surface area contributed by atoms with Gasteiger partial charge in [0.05, 0.1) is 18.1 Å². The molecule has 9 nitrogen and oxygen atoms in total. The fourth-order valence-corrected chi connectivity index (χ4v) is 6.36. The summed E-state index contributed by atoms with van der Waals surface area (Å²) >= 11 is 0. The Morgan fingerprint density at radius 1 is 1.21 bits per heavy atom. The van der Waals surface area contributed by atoms with Gasteiger partial charge in [-0.1, -0.05) is 40.1 Å². The van der Waals surface area contributed by atoms with Crippen LogP contribution in [0.5, 0.6) is 5.75 Å². The van der Waals surface area contributed by atoms with E-state index >= 15 is 0 Å². The number of ether oxygens (including phenoxy) is 2. The number of carbonyl (C=O) groups is 2. The zero-order valence-corrected chi connectivity index (χ0v) is 20.1. The molecule has 180 valence electrons. The maximum absolute atomic E-state index is 12.0. The standard InChI is InChI=1S/C22H29N3O6S2/c26-21(29-17-30-23-25(28)24-14-3-4-15-24)12-9-18-7-10-19(11-8-18)31-22(27)6-2-1-5-20-13-16-32-33-20/h7-12,20H,1-6,13-17H2/b12-9+,25-23-/t20-/m1/s1. The number of hydrogen-bond donors (Lipinski definition) is 0. The van der Waals surface area contributed by atoms with Gasteiger partial charge in [0.2, 0.25) is 5.28 Å². The Balaban J connectivity index is 1.29. The molecule has 1 aromatic carbocycles. The lowest BCUT2D eigenvalue weighted by Gasteiger charge is -2.09. The SMILES string of the molecule is O=C(/C=C/c1ccc(OC(=O)CCCC[C@@H]2CCSS2)cc1)OCO/N=[N+](\[O-])N1CCCC1. The van der Waals surface area contributed by atoms with Crippen LogP contribution in [0.2, 0.25) is 0 Å². The van der Waals surface area contributed by atoms with Crippen molar-refractivity contribution in [3.63, 3.8) is 0 Å². The first-order valence-corrected chi connectivity index (χ1v) is 13.5. The Morgan fingerprint density at radius 2 is 2.00 bits per heavy atom. The molecule has 0 bridgehead atoms. The van der Waals surface area contributed by atoms with Crippen LogP contribution >= 0.6 is 21.6 Å². The minimum atomic E-state index is -0.631. The number of hydrogen-bond acceptors (Lipinski definition) is 9. The van der Waals surface area contributed by atoms with E-state index in [4.69, 9.17) is 14.3 Å². The number of carbonyl (C=O) groups excluding carboxylic acids is 2. The van der Waals surface area contributed by atoms with E-state index in [1.807, 2.05) is 21.6 Å². The van der Waals surface area contributed by atoms with Crippen LogP contribution in [0.1, 0.15) is 50.5 Å². The lowest BCUT2D eigenvalue weighted by atomic mass is 10.1. The fraction of sp³-hybridized carbons (Fsp3) is 0.545. The van der Waals surface area contributed by atoms with Gasteiger partial charge in [-0.15, -0.1) is 5.01 Å². The molecule has 2 heterocycles. The summed E-state index contributed by atoms with van der Waals surface area (Å²) in [6.07, 6.45) is 9.40. The monoisotopic (exact) mass is 495 g/mol.